The maximum atomic E-state index is 13.0. The molecule has 0 spiro atoms. The molecule has 208 valence electrons. The first-order valence-corrected chi connectivity index (χ1v) is 13.0. The fourth-order valence-electron chi connectivity index (χ4n) is 4.24. The van der Waals surface area contributed by atoms with Crippen LogP contribution in [0.2, 0.25) is 10.0 Å². The monoisotopic (exact) mass is 590 g/mol. The Morgan fingerprint density at radius 3 is 1.85 bits per heavy atom. The maximum absolute atomic E-state index is 13.0. The molecule has 0 unspecified atom stereocenters. The highest BCUT2D eigenvalue weighted by Gasteiger charge is 2.18. The van der Waals surface area contributed by atoms with Crippen LogP contribution < -0.4 is 24.8 Å². The van der Waals surface area contributed by atoms with Gasteiger partial charge >= 0.3 is 0 Å². The zero-order valence-corrected chi connectivity index (χ0v) is 23.7. The summed E-state index contributed by atoms with van der Waals surface area (Å²) in [4.78, 5) is 33.5. The number of imidazole rings is 1. The SMILES string of the molecule is COc1cc(C(=O)Nc2ccc3nc(-c4ccc(NC(=O)c5cc(Cl)cc(Cl)c5)cc4)[nH]c3c2)cc(OC)c1OC. The number of nitrogens with one attached hydrogen (secondary N) is 3. The van der Waals surface area contributed by atoms with Gasteiger partial charge in [0.05, 0.1) is 32.4 Å². The number of benzene rings is 4. The number of carbonyl (C=O) groups excluding carboxylic acids is 2. The van der Waals surface area contributed by atoms with Gasteiger partial charge in [-0.25, -0.2) is 4.98 Å². The number of fused-ring (bicyclic) bond motifs is 1. The van der Waals surface area contributed by atoms with Crippen LogP contribution in [-0.4, -0.2) is 43.1 Å². The van der Waals surface area contributed by atoms with E-state index in [4.69, 9.17) is 37.4 Å². The van der Waals surface area contributed by atoms with Crippen LogP contribution in [-0.2, 0) is 0 Å². The van der Waals surface area contributed by atoms with Gasteiger partial charge in [-0.1, -0.05) is 23.2 Å². The molecule has 0 saturated carbocycles. The van der Waals surface area contributed by atoms with Crippen molar-refractivity contribution in [3.8, 4) is 28.6 Å². The molecule has 9 nitrogen and oxygen atoms in total. The molecule has 0 radical (unpaired) electrons. The molecule has 3 N–H and O–H groups in total. The van der Waals surface area contributed by atoms with Crippen LogP contribution in [0.15, 0.2) is 72.8 Å². The molecule has 0 aliphatic carbocycles. The zero-order valence-electron chi connectivity index (χ0n) is 22.2. The second kappa shape index (κ2) is 11.8. The number of nitrogens with zero attached hydrogens (tertiary/aromatic N) is 1. The number of ether oxygens (including phenoxy) is 3. The van der Waals surface area contributed by atoms with Crippen molar-refractivity contribution in [2.24, 2.45) is 0 Å². The first-order valence-electron chi connectivity index (χ1n) is 12.3. The predicted molar refractivity (Wildman–Crippen MR) is 160 cm³/mol. The molecule has 0 fully saturated rings. The topological polar surface area (TPSA) is 115 Å². The van der Waals surface area contributed by atoms with Crippen LogP contribution in [0.5, 0.6) is 17.2 Å². The van der Waals surface area contributed by atoms with E-state index in [9.17, 15) is 9.59 Å². The molecule has 0 aliphatic heterocycles. The molecule has 5 aromatic rings. The van der Waals surface area contributed by atoms with E-state index in [0.717, 1.165) is 16.6 Å². The van der Waals surface area contributed by atoms with E-state index in [-0.39, 0.29) is 11.8 Å². The van der Waals surface area contributed by atoms with Crippen LogP contribution in [0.3, 0.4) is 0 Å². The molecule has 1 aromatic heterocycles. The highest BCUT2D eigenvalue weighted by atomic mass is 35.5. The number of methoxy groups -OCH3 is 3. The molecule has 41 heavy (non-hydrogen) atoms. The lowest BCUT2D eigenvalue weighted by Gasteiger charge is -2.14. The molecule has 0 atom stereocenters. The Hall–Kier alpha value is -4.73. The number of carbonyl (C=O) groups is 2. The summed E-state index contributed by atoms with van der Waals surface area (Å²) in [6, 6.07) is 20.4. The molecular weight excluding hydrogens is 567 g/mol. The van der Waals surface area contributed by atoms with Gasteiger partial charge in [-0.3, -0.25) is 9.59 Å². The number of aromatic nitrogens is 2. The minimum atomic E-state index is -0.346. The number of amides is 2. The van der Waals surface area contributed by atoms with Gasteiger partial charge in [0.2, 0.25) is 5.75 Å². The van der Waals surface area contributed by atoms with E-state index in [1.54, 1.807) is 54.6 Å². The first kappa shape index (κ1) is 27.8. The Morgan fingerprint density at radius 2 is 1.27 bits per heavy atom. The summed E-state index contributed by atoms with van der Waals surface area (Å²) in [6.45, 7) is 0. The van der Waals surface area contributed by atoms with Crippen LogP contribution in [0.4, 0.5) is 11.4 Å². The van der Waals surface area contributed by atoms with Crippen LogP contribution in [0.25, 0.3) is 22.4 Å². The normalized spacial score (nSPS) is 10.8. The van der Waals surface area contributed by atoms with Gasteiger partial charge < -0.3 is 29.8 Å². The molecule has 4 aromatic carbocycles. The van der Waals surface area contributed by atoms with Gasteiger partial charge in [0.15, 0.2) is 11.5 Å². The molecule has 5 rings (SSSR count). The van der Waals surface area contributed by atoms with Gasteiger partial charge in [-0.15, -0.1) is 0 Å². The van der Waals surface area contributed by atoms with Crippen molar-refractivity contribution in [2.45, 2.75) is 0 Å². The van der Waals surface area contributed by atoms with E-state index in [1.165, 1.54) is 21.3 Å². The third kappa shape index (κ3) is 6.06. The number of rotatable bonds is 8. The van der Waals surface area contributed by atoms with Crippen LogP contribution in [0.1, 0.15) is 20.7 Å². The Labute approximate surface area is 245 Å². The highest BCUT2D eigenvalue weighted by molar-refractivity contribution is 6.35. The van der Waals surface area contributed by atoms with Gasteiger partial charge in [-0.05, 0) is 72.8 Å². The summed E-state index contributed by atoms with van der Waals surface area (Å²) in [5, 5.41) is 6.48. The van der Waals surface area contributed by atoms with Crippen molar-refractivity contribution in [1.29, 1.82) is 0 Å². The molecule has 0 bridgehead atoms. The van der Waals surface area contributed by atoms with Gasteiger partial charge in [0.25, 0.3) is 11.8 Å². The average molecular weight is 591 g/mol. The number of hydrogen-bond acceptors (Lipinski definition) is 6. The summed E-state index contributed by atoms with van der Waals surface area (Å²) >= 11 is 12.0. The Morgan fingerprint density at radius 1 is 0.707 bits per heavy atom. The third-order valence-corrected chi connectivity index (χ3v) is 6.64. The van der Waals surface area contributed by atoms with E-state index in [2.05, 4.69) is 20.6 Å². The first-order chi connectivity index (χ1) is 19.8. The van der Waals surface area contributed by atoms with E-state index in [1.807, 2.05) is 18.2 Å². The fourth-order valence-corrected chi connectivity index (χ4v) is 4.77. The predicted octanol–water partition coefficient (Wildman–Crippen LogP) is 7.07. The second-order valence-electron chi connectivity index (χ2n) is 8.88. The van der Waals surface area contributed by atoms with Crippen LogP contribution in [0, 0.1) is 0 Å². The zero-order chi connectivity index (χ0) is 29.1. The smallest absolute Gasteiger partial charge is 0.255 e. The lowest BCUT2D eigenvalue weighted by atomic mass is 10.1. The summed E-state index contributed by atoms with van der Waals surface area (Å²) in [5.41, 5.74) is 4.15. The maximum Gasteiger partial charge on any atom is 0.255 e. The minimum Gasteiger partial charge on any atom is -0.493 e. The van der Waals surface area contributed by atoms with Crippen molar-refractivity contribution in [3.05, 3.63) is 94.0 Å². The summed E-state index contributed by atoms with van der Waals surface area (Å²) in [5.74, 6) is 1.12. The number of halogens is 2. The highest BCUT2D eigenvalue weighted by Crippen LogP contribution is 2.38. The molecule has 0 saturated heterocycles. The van der Waals surface area contributed by atoms with Crippen molar-refractivity contribution >= 4 is 57.4 Å². The average Bonchev–Trinajstić information content (AvgIpc) is 3.39. The quantitative estimate of drug-likeness (QED) is 0.178. The molecule has 2 amide bonds. The summed E-state index contributed by atoms with van der Waals surface area (Å²) in [7, 11) is 4.48. The number of aromatic amines is 1. The summed E-state index contributed by atoms with van der Waals surface area (Å²) < 4.78 is 16.0. The molecular formula is C30H24Cl2N4O5. The number of H-pyrrole nitrogens is 1. The standard InChI is InChI=1S/C30H24Cl2N4O5/c1-39-25-12-18(13-26(40-2)27(25)41-3)30(38)34-22-8-9-23-24(15-22)36-28(35-23)16-4-6-21(7-5-16)33-29(37)17-10-19(31)14-20(32)11-17/h4-15H,1-3H3,(H,33,37)(H,34,38)(H,35,36). The number of hydrogen-bond donors (Lipinski definition) is 3. The summed E-state index contributed by atoms with van der Waals surface area (Å²) in [6.07, 6.45) is 0. The van der Waals surface area contributed by atoms with Crippen molar-refractivity contribution in [1.82, 2.24) is 9.97 Å². The largest absolute Gasteiger partial charge is 0.493 e. The number of anilines is 2. The van der Waals surface area contributed by atoms with E-state index >= 15 is 0 Å². The lowest BCUT2D eigenvalue weighted by molar-refractivity contribution is 0.101. The molecule has 1 heterocycles. The van der Waals surface area contributed by atoms with Crippen molar-refractivity contribution in [2.75, 3.05) is 32.0 Å². The van der Waals surface area contributed by atoms with Crippen LogP contribution >= 0.6 is 23.2 Å². The van der Waals surface area contributed by atoms with Crippen molar-refractivity contribution in [3.63, 3.8) is 0 Å². The van der Waals surface area contributed by atoms with E-state index < -0.39 is 0 Å². The Bertz CT molecular complexity index is 1720. The third-order valence-electron chi connectivity index (χ3n) is 6.21. The van der Waals surface area contributed by atoms with E-state index in [0.29, 0.717) is 55.6 Å². The van der Waals surface area contributed by atoms with Gasteiger partial charge in [0.1, 0.15) is 5.82 Å². The second-order valence-corrected chi connectivity index (χ2v) is 9.75. The van der Waals surface area contributed by atoms with Crippen molar-refractivity contribution < 1.29 is 23.8 Å². The molecule has 0 aliphatic rings. The van der Waals surface area contributed by atoms with Gasteiger partial charge in [-0.2, -0.15) is 0 Å². The lowest BCUT2D eigenvalue weighted by Crippen LogP contribution is -2.12. The van der Waals surface area contributed by atoms with Gasteiger partial charge in [0, 0.05) is 38.1 Å². The minimum absolute atomic E-state index is 0.327. The Kier molecular flexibility index (Phi) is 8.00. The fraction of sp³-hybridized carbons (Fsp3) is 0.100. The Balaban J connectivity index is 1.31. The molecule has 11 heteroatoms.